The number of likely N-dealkylation sites (tertiary alicyclic amines) is 2. The standard InChI is InChI=1S/C31H42N4O/c1-33-23-26-8-3-4-9-29(26)31(24-33,30-10-5-6-17-34(30)2)27-15-19-35(20-16-27)18-7-21-36-28-13-11-25(22-32)12-14-28/h3-4,8-9,11-14,27,30H,5-7,10,15-21,23-24H2,1-2H3. The minimum atomic E-state index is 0.226. The molecule has 0 spiro atoms. The van der Waals surface area contributed by atoms with Crippen LogP contribution in [0.15, 0.2) is 48.5 Å². The molecule has 2 atom stereocenters. The van der Waals surface area contributed by atoms with E-state index in [9.17, 15) is 0 Å². The Kier molecular flexibility index (Phi) is 7.96. The summed E-state index contributed by atoms with van der Waals surface area (Å²) in [6.07, 6.45) is 7.62. The minimum Gasteiger partial charge on any atom is -0.494 e. The van der Waals surface area contributed by atoms with Gasteiger partial charge < -0.3 is 19.4 Å². The monoisotopic (exact) mass is 486 g/mol. The van der Waals surface area contributed by atoms with Gasteiger partial charge in [0, 0.05) is 31.1 Å². The van der Waals surface area contributed by atoms with Crippen LogP contribution in [0.5, 0.6) is 5.75 Å². The zero-order chi connectivity index (χ0) is 25.0. The first-order valence-electron chi connectivity index (χ1n) is 13.9. The number of nitrogens with zero attached hydrogens (tertiary/aromatic N) is 4. The molecular weight excluding hydrogens is 444 g/mol. The van der Waals surface area contributed by atoms with E-state index in [1.807, 2.05) is 24.3 Å². The third-order valence-corrected chi connectivity index (χ3v) is 9.04. The van der Waals surface area contributed by atoms with Crippen LogP contribution in [0, 0.1) is 17.2 Å². The molecule has 0 amide bonds. The molecule has 2 fully saturated rings. The summed E-state index contributed by atoms with van der Waals surface area (Å²) in [5, 5.41) is 8.95. The molecule has 5 heteroatoms. The summed E-state index contributed by atoms with van der Waals surface area (Å²) < 4.78 is 5.92. The van der Waals surface area contributed by atoms with Gasteiger partial charge in [-0.25, -0.2) is 0 Å². The number of ether oxygens (including phenoxy) is 1. The van der Waals surface area contributed by atoms with Gasteiger partial charge in [0.25, 0.3) is 0 Å². The molecule has 0 aliphatic carbocycles. The average Bonchev–Trinajstić information content (AvgIpc) is 2.91. The maximum atomic E-state index is 8.95. The molecule has 0 aromatic heterocycles. The molecule has 0 saturated carbocycles. The second kappa shape index (κ2) is 11.3. The van der Waals surface area contributed by atoms with Crippen molar-refractivity contribution in [2.45, 2.75) is 56.5 Å². The van der Waals surface area contributed by atoms with Crippen molar-refractivity contribution in [3.8, 4) is 11.8 Å². The first kappa shape index (κ1) is 25.3. The summed E-state index contributed by atoms with van der Waals surface area (Å²) in [5.74, 6) is 1.57. The molecule has 3 aliphatic heterocycles. The molecule has 2 saturated heterocycles. The zero-order valence-electron chi connectivity index (χ0n) is 22.2. The fraction of sp³-hybridized carbons (Fsp3) is 0.581. The fourth-order valence-electron chi connectivity index (χ4n) is 7.40. The molecule has 2 unspecified atom stereocenters. The Labute approximate surface area is 217 Å². The van der Waals surface area contributed by atoms with Gasteiger partial charge in [0.05, 0.1) is 18.2 Å². The van der Waals surface area contributed by atoms with Gasteiger partial charge in [-0.1, -0.05) is 30.7 Å². The highest BCUT2D eigenvalue weighted by Gasteiger charge is 2.52. The Bertz CT molecular complexity index is 1040. The van der Waals surface area contributed by atoms with Crippen LogP contribution in [0.1, 0.15) is 55.2 Å². The molecule has 3 aliphatic rings. The van der Waals surface area contributed by atoms with Crippen LogP contribution < -0.4 is 4.74 Å². The third-order valence-electron chi connectivity index (χ3n) is 9.04. The van der Waals surface area contributed by atoms with Crippen LogP contribution in [0.3, 0.4) is 0 Å². The Morgan fingerprint density at radius 3 is 2.50 bits per heavy atom. The highest BCUT2D eigenvalue weighted by Crippen LogP contribution is 2.49. The largest absolute Gasteiger partial charge is 0.494 e. The van der Waals surface area contributed by atoms with Gasteiger partial charge in [-0.15, -0.1) is 0 Å². The SMILES string of the molecule is CN1Cc2ccccc2C(C2CCN(CCCOc3ccc(C#N)cc3)CC2)(C2CCCCN2C)C1. The van der Waals surface area contributed by atoms with Gasteiger partial charge in [0.1, 0.15) is 5.75 Å². The quantitative estimate of drug-likeness (QED) is 0.521. The molecular formula is C31H42N4O. The number of piperidine rings is 2. The lowest BCUT2D eigenvalue weighted by Gasteiger charge is -2.57. The molecule has 3 heterocycles. The third kappa shape index (κ3) is 5.18. The minimum absolute atomic E-state index is 0.226. The molecule has 5 nitrogen and oxygen atoms in total. The summed E-state index contributed by atoms with van der Waals surface area (Å²) in [6.45, 7) is 7.68. The molecule has 2 aromatic carbocycles. The maximum absolute atomic E-state index is 8.95. The van der Waals surface area contributed by atoms with Crippen molar-refractivity contribution < 1.29 is 4.74 Å². The first-order valence-corrected chi connectivity index (χ1v) is 13.9. The van der Waals surface area contributed by atoms with Crippen molar-refractivity contribution in [1.82, 2.24) is 14.7 Å². The number of fused-ring (bicyclic) bond motifs is 1. The molecule has 0 radical (unpaired) electrons. The number of benzene rings is 2. The summed E-state index contributed by atoms with van der Waals surface area (Å²) in [7, 11) is 4.71. The number of hydrogen-bond acceptors (Lipinski definition) is 5. The van der Waals surface area contributed by atoms with Gasteiger partial charge in [-0.2, -0.15) is 5.26 Å². The summed E-state index contributed by atoms with van der Waals surface area (Å²) in [4.78, 5) is 7.94. The lowest BCUT2D eigenvalue weighted by molar-refractivity contribution is 0.00445. The Morgan fingerprint density at radius 1 is 0.972 bits per heavy atom. The molecule has 192 valence electrons. The normalized spacial score (nSPS) is 26.3. The van der Waals surface area contributed by atoms with Crippen molar-refractivity contribution in [3.63, 3.8) is 0 Å². The molecule has 0 N–H and O–H groups in total. The second-order valence-corrected chi connectivity index (χ2v) is 11.3. The van der Waals surface area contributed by atoms with E-state index in [4.69, 9.17) is 10.00 Å². The van der Waals surface area contributed by atoms with Crippen LogP contribution in [-0.2, 0) is 12.0 Å². The van der Waals surface area contributed by atoms with Crippen LogP contribution in [0.4, 0.5) is 0 Å². The van der Waals surface area contributed by atoms with Gasteiger partial charge in [-0.3, -0.25) is 0 Å². The number of hydrogen-bond donors (Lipinski definition) is 0. The van der Waals surface area contributed by atoms with Crippen molar-refractivity contribution in [2.24, 2.45) is 5.92 Å². The molecule has 2 aromatic rings. The van der Waals surface area contributed by atoms with Crippen LogP contribution >= 0.6 is 0 Å². The predicted octanol–water partition coefficient (Wildman–Crippen LogP) is 4.91. The van der Waals surface area contributed by atoms with Crippen LogP contribution in [-0.4, -0.2) is 74.2 Å². The van der Waals surface area contributed by atoms with E-state index in [1.165, 1.54) is 58.3 Å². The molecule has 5 rings (SSSR count). The first-order chi connectivity index (χ1) is 17.6. The van der Waals surface area contributed by atoms with E-state index in [2.05, 4.69) is 59.1 Å². The fourth-order valence-corrected chi connectivity index (χ4v) is 7.40. The highest BCUT2D eigenvalue weighted by atomic mass is 16.5. The summed E-state index contributed by atoms with van der Waals surface area (Å²) >= 11 is 0. The van der Waals surface area contributed by atoms with E-state index >= 15 is 0 Å². The van der Waals surface area contributed by atoms with E-state index in [1.54, 1.807) is 11.1 Å². The smallest absolute Gasteiger partial charge is 0.119 e. The molecule has 36 heavy (non-hydrogen) atoms. The van der Waals surface area contributed by atoms with E-state index in [0.29, 0.717) is 11.6 Å². The predicted molar refractivity (Wildman–Crippen MR) is 145 cm³/mol. The Morgan fingerprint density at radius 2 is 1.75 bits per heavy atom. The van der Waals surface area contributed by atoms with E-state index in [0.717, 1.165) is 37.8 Å². The highest BCUT2D eigenvalue weighted by molar-refractivity contribution is 5.40. The van der Waals surface area contributed by atoms with Crippen LogP contribution in [0.2, 0.25) is 0 Å². The van der Waals surface area contributed by atoms with Crippen molar-refractivity contribution in [3.05, 3.63) is 65.2 Å². The Balaban J connectivity index is 1.24. The topological polar surface area (TPSA) is 42.7 Å². The van der Waals surface area contributed by atoms with E-state index < -0.39 is 0 Å². The van der Waals surface area contributed by atoms with Gasteiger partial charge in [-0.05, 0) is 107 Å². The van der Waals surface area contributed by atoms with Gasteiger partial charge in [0.15, 0.2) is 0 Å². The lowest BCUT2D eigenvalue weighted by atomic mass is 9.58. The average molecular weight is 487 g/mol. The lowest BCUT2D eigenvalue weighted by Crippen LogP contribution is -2.62. The maximum Gasteiger partial charge on any atom is 0.119 e. The zero-order valence-corrected chi connectivity index (χ0v) is 22.2. The summed E-state index contributed by atoms with van der Waals surface area (Å²) in [5.41, 5.74) is 4.10. The van der Waals surface area contributed by atoms with Crippen molar-refractivity contribution in [2.75, 3.05) is 53.4 Å². The van der Waals surface area contributed by atoms with E-state index in [-0.39, 0.29) is 5.41 Å². The molecule has 0 bridgehead atoms. The van der Waals surface area contributed by atoms with Crippen LogP contribution in [0.25, 0.3) is 0 Å². The van der Waals surface area contributed by atoms with Crippen molar-refractivity contribution in [1.29, 1.82) is 5.26 Å². The summed E-state index contributed by atoms with van der Waals surface area (Å²) in [6, 6.07) is 19.6. The number of nitriles is 1. The number of likely N-dealkylation sites (N-methyl/N-ethyl adjacent to an activating group) is 2. The number of rotatable bonds is 7. The second-order valence-electron chi connectivity index (χ2n) is 11.3. The van der Waals surface area contributed by atoms with Crippen molar-refractivity contribution >= 4 is 0 Å². The Hall–Kier alpha value is -2.39. The van der Waals surface area contributed by atoms with Gasteiger partial charge in [0.2, 0.25) is 0 Å². The van der Waals surface area contributed by atoms with Gasteiger partial charge >= 0.3 is 0 Å².